The van der Waals surface area contributed by atoms with Crippen molar-refractivity contribution in [1.29, 1.82) is 0 Å². The first-order valence-corrected chi connectivity index (χ1v) is 7.52. The molecule has 2 atom stereocenters. The molecular formula is C13H15Br2NO2. The molecule has 1 heterocycles. The number of hydrogen-bond acceptors (Lipinski definition) is 2. The van der Waals surface area contributed by atoms with Gasteiger partial charge in [0.15, 0.2) is 0 Å². The van der Waals surface area contributed by atoms with E-state index in [1.54, 1.807) is 0 Å². The second-order valence-corrected chi connectivity index (χ2v) is 6.37. The first kappa shape index (κ1) is 14.0. The molecule has 1 N–H and O–H groups in total. The molecule has 0 spiro atoms. The molecule has 0 saturated carbocycles. The van der Waals surface area contributed by atoms with E-state index in [1.807, 2.05) is 25.1 Å². The molecular weight excluding hydrogens is 362 g/mol. The van der Waals surface area contributed by atoms with E-state index in [-0.39, 0.29) is 18.1 Å². The number of amides is 1. The van der Waals surface area contributed by atoms with Crippen molar-refractivity contribution in [1.82, 2.24) is 5.32 Å². The predicted octanol–water partition coefficient (Wildman–Crippen LogP) is 3.51. The summed E-state index contributed by atoms with van der Waals surface area (Å²) in [5.74, 6) is -0.0314. The summed E-state index contributed by atoms with van der Waals surface area (Å²) in [5.41, 5.74) is 0.662. The Kier molecular flexibility index (Phi) is 4.81. The van der Waals surface area contributed by atoms with Crippen LogP contribution in [0.1, 0.15) is 30.1 Å². The third kappa shape index (κ3) is 3.80. The van der Waals surface area contributed by atoms with Gasteiger partial charge in [0.05, 0.1) is 6.10 Å². The monoisotopic (exact) mass is 375 g/mol. The van der Waals surface area contributed by atoms with E-state index in [0.717, 1.165) is 21.8 Å². The molecule has 1 aromatic carbocycles. The van der Waals surface area contributed by atoms with Crippen LogP contribution < -0.4 is 5.32 Å². The number of carbonyl (C=O) groups is 1. The summed E-state index contributed by atoms with van der Waals surface area (Å²) in [7, 11) is 0. The van der Waals surface area contributed by atoms with Crippen LogP contribution in [0.5, 0.6) is 0 Å². The van der Waals surface area contributed by atoms with Crippen LogP contribution in [0.15, 0.2) is 27.1 Å². The fourth-order valence-corrected chi connectivity index (χ4v) is 3.38. The van der Waals surface area contributed by atoms with Gasteiger partial charge in [-0.1, -0.05) is 31.9 Å². The Morgan fingerprint density at radius 2 is 2.00 bits per heavy atom. The van der Waals surface area contributed by atoms with E-state index in [4.69, 9.17) is 4.74 Å². The van der Waals surface area contributed by atoms with E-state index in [0.29, 0.717) is 12.2 Å². The fraction of sp³-hybridized carbons (Fsp3) is 0.462. The molecule has 1 aromatic rings. The molecule has 0 aliphatic carbocycles. The molecule has 1 aliphatic heterocycles. The van der Waals surface area contributed by atoms with Crippen molar-refractivity contribution in [2.24, 2.45) is 0 Å². The van der Waals surface area contributed by atoms with Crippen molar-refractivity contribution in [2.75, 3.05) is 6.61 Å². The number of hydrogen-bond donors (Lipinski definition) is 1. The average molecular weight is 377 g/mol. The zero-order valence-electron chi connectivity index (χ0n) is 10.1. The maximum absolute atomic E-state index is 12.1. The number of ether oxygens (including phenoxy) is 1. The minimum absolute atomic E-state index is 0.0314. The molecule has 0 radical (unpaired) electrons. The number of rotatable bonds is 2. The lowest BCUT2D eigenvalue weighted by Crippen LogP contribution is -2.41. The molecule has 1 aliphatic rings. The van der Waals surface area contributed by atoms with Crippen molar-refractivity contribution in [3.8, 4) is 0 Å². The van der Waals surface area contributed by atoms with Gasteiger partial charge < -0.3 is 10.1 Å². The molecule has 0 bridgehead atoms. The summed E-state index contributed by atoms with van der Waals surface area (Å²) in [5, 5.41) is 3.06. The van der Waals surface area contributed by atoms with Crippen molar-refractivity contribution in [3.05, 3.63) is 32.7 Å². The maximum Gasteiger partial charge on any atom is 0.251 e. The Bertz CT molecular complexity index is 430. The summed E-state index contributed by atoms with van der Waals surface area (Å²) in [6.45, 7) is 2.75. The second kappa shape index (κ2) is 6.17. The van der Waals surface area contributed by atoms with Crippen LogP contribution in [0.25, 0.3) is 0 Å². The van der Waals surface area contributed by atoms with Gasteiger partial charge in [-0.2, -0.15) is 0 Å². The molecule has 3 nitrogen and oxygen atoms in total. The third-order valence-corrected chi connectivity index (χ3v) is 3.86. The van der Waals surface area contributed by atoms with Crippen LogP contribution >= 0.6 is 31.9 Å². The molecule has 98 valence electrons. The number of nitrogens with one attached hydrogen (secondary N) is 1. The molecule has 1 fully saturated rings. The van der Waals surface area contributed by atoms with Crippen LogP contribution in [0.3, 0.4) is 0 Å². The van der Waals surface area contributed by atoms with Crippen molar-refractivity contribution in [2.45, 2.75) is 31.9 Å². The van der Waals surface area contributed by atoms with E-state index in [2.05, 4.69) is 37.2 Å². The number of carbonyl (C=O) groups excluding carboxylic acids is 1. The zero-order valence-corrected chi connectivity index (χ0v) is 13.3. The molecule has 18 heavy (non-hydrogen) atoms. The van der Waals surface area contributed by atoms with E-state index < -0.39 is 0 Å². The molecule has 1 amide bonds. The highest BCUT2D eigenvalue weighted by atomic mass is 79.9. The van der Waals surface area contributed by atoms with E-state index >= 15 is 0 Å². The van der Waals surface area contributed by atoms with E-state index in [9.17, 15) is 4.79 Å². The number of benzene rings is 1. The summed E-state index contributed by atoms with van der Waals surface area (Å²) >= 11 is 6.77. The maximum atomic E-state index is 12.1. The van der Waals surface area contributed by atoms with Crippen molar-refractivity contribution < 1.29 is 9.53 Å². The molecule has 0 aromatic heterocycles. The highest BCUT2D eigenvalue weighted by molar-refractivity contribution is 9.11. The quantitative estimate of drug-likeness (QED) is 0.857. The summed E-state index contributed by atoms with van der Waals surface area (Å²) in [6, 6.07) is 5.76. The van der Waals surface area contributed by atoms with Crippen molar-refractivity contribution in [3.63, 3.8) is 0 Å². The van der Waals surface area contributed by atoms with Gasteiger partial charge in [0.25, 0.3) is 5.91 Å². The minimum Gasteiger partial charge on any atom is -0.378 e. The van der Waals surface area contributed by atoms with E-state index in [1.165, 1.54) is 0 Å². The fourth-order valence-electron chi connectivity index (χ4n) is 2.08. The van der Waals surface area contributed by atoms with Gasteiger partial charge in [0.1, 0.15) is 0 Å². The van der Waals surface area contributed by atoms with Crippen LogP contribution in [-0.2, 0) is 4.74 Å². The smallest absolute Gasteiger partial charge is 0.251 e. The largest absolute Gasteiger partial charge is 0.378 e. The first-order chi connectivity index (χ1) is 8.54. The summed E-state index contributed by atoms with van der Waals surface area (Å²) in [4.78, 5) is 12.1. The van der Waals surface area contributed by atoms with Crippen LogP contribution in [0, 0.1) is 0 Å². The molecule has 2 rings (SSSR count). The van der Waals surface area contributed by atoms with Gasteiger partial charge in [-0.05, 0) is 38.0 Å². The zero-order chi connectivity index (χ0) is 13.1. The van der Waals surface area contributed by atoms with Gasteiger partial charge in [0.2, 0.25) is 0 Å². The highest BCUT2D eigenvalue weighted by Gasteiger charge is 2.21. The third-order valence-electron chi connectivity index (χ3n) is 2.95. The Hall–Kier alpha value is -0.390. The average Bonchev–Trinajstić information content (AvgIpc) is 2.27. The first-order valence-electron chi connectivity index (χ1n) is 5.93. The van der Waals surface area contributed by atoms with Crippen LogP contribution in [0.2, 0.25) is 0 Å². The van der Waals surface area contributed by atoms with Gasteiger partial charge in [0, 0.05) is 27.2 Å². The molecule has 2 unspecified atom stereocenters. The molecule has 5 heteroatoms. The van der Waals surface area contributed by atoms with Crippen molar-refractivity contribution >= 4 is 37.8 Å². The lowest BCUT2D eigenvalue weighted by molar-refractivity contribution is 0.0136. The van der Waals surface area contributed by atoms with Gasteiger partial charge in [-0.3, -0.25) is 4.79 Å². The number of halogens is 2. The topological polar surface area (TPSA) is 38.3 Å². The lowest BCUT2D eigenvalue weighted by atomic mass is 10.0. The summed E-state index contributed by atoms with van der Waals surface area (Å²) in [6.07, 6.45) is 1.98. The normalized spacial score (nSPS) is 23.7. The lowest BCUT2D eigenvalue weighted by Gasteiger charge is -2.28. The Labute approximate surface area is 124 Å². The predicted molar refractivity (Wildman–Crippen MR) is 77.7 cm³/mol. The van der Waals surface area contributed by atoms with Gasteiger partial charge in [-0.15, -0.1) is 0 Å². The molecule has 1 saturated heterocycles. The SMILES string of the molecule is CC1CC(NC(=O)c2cc(Br)cc(Br)c2)CCO1. The Morgan fingerprint density at radius 3 is 2.61 bits per heavy atom. The summed E-state index contributed by atoms with van der Waals surface area (Å²) < 4.78 is 7.25. The Morgan fingerprint density at radius 1 is 1.33 bits per heavy atom. The van der Waals surface area contributed by atoms with Gasteiger partial charge >= 0.3 is 0 Å². The van der Waals surface area contributed by atoms with Crippen LogP contribution in [0.4, 0.5) is 0 Å². The highest BCUT2D eigenvalue weighted by Crippen LogP contribution is 2.21. The van der Waals surface area contributed by atoms with Crippen LogP contribution in [-0.4, -0.2) is 24.7 Å². The Balaban J connectivity index is 2.02. The standard InChI is InChI=1S/C13H15Br2NO2/c1-8-4-12(2-3-18-8)16-13(17)9-5-10(14)7-11(15)6-9/h5-8,12H,2-4H2,1H3,(H,16,17). The second-order valence-electron chi connectivity index (χ2n) is 4.53. The van der Waals surface area contributed by atoms with Gasteiger partial charge in [-0.25, -0.2) is 0 Å². The minimum atomic E-state index is -0.0314.